The molecule has 2 heterocycles. The van der Waals surface area contributed by atoms with Gasteiger partial charge in [-0.1, -0.05) is 36.4 Å². The Kier molecular flexibility index (Phi) is 2.79. The van der Waals surface area contributed by atoms with E-state index in [1.807, 2.05) is 53.2 Å². The van der Waals surface area contributed by atoms with Crippen molar-refractivity contribution in [3.8, 4) is 20.9 Å². The van der Waals surface area contributed by atoms with Crippen molar-refractivity contribution in [2.45, 2.75) is 0 Å². The van der Waals surface area contributed by atoms with Gasteiger partial charge < -0.3 is 0 Å². The Morgan fingerprint density at radius 3 is 2.41 bits per heavy atom. The summed E-state index contributed by atoms with van der Waals surface area (Å²) < 4.78 is 14.3. The standard InChI is InChI=1S/C14H9FS2/c15-13-11(12-7-4-8-16-12)9-17-14(13)10-5-2-1-3-6-10/h1-9H. The van der Waals surface area contributed by atoms with Crippen molar-refractivity contribution in [2.75, 3.05) is 0 Å². The minimum Gasteiger partial charge on any atom is -0.205 e. The van der Waals surface area contributed by atoms with Crippen LogP contribution in [0.5, 0.6) is 0 Å². The maximum Gasteiger partial charge on any atom is 0.150 e. The summed E-state index contributed by atoms with van der Waals surface area (Å²) in [6, 6.07) is 13.6. The molecule has 3 aromatic rings. The van der Waals surface area contributed by atoms with Crippen molar-refractivity contribution in [3.63, 3.8) is 0 Å². The van der Waals surface area contributed by atoms with Gasteiger partial charge in [0.25, 0.3) is 0 Å². The van der Waals surface area contributed by atoms with Gasteiger partial charge in [0.1, 0.15) is 5.82 Å². The van der Waals surface area contributed by atoms with Crippen LogP contribution in [0.15, 0.2) is 53.2 Å². The fraction of sp³-hybridized carbons (Fsp3) is 0. The normalized spacial score (nSPS) is 10.6. The molecule has 0 N–H and O–H groups in total. The van der Waals surface area contributed by atoms with E-state index in [-0.39, 0.29) is 5.82 Å². The fourth-order valence-corrected chi connectivity index (χ4v) is 3.49. The monoisotopic (exact) mass is 260 g/mol. The Morgan fingerprint density at radius 2 is 1.71 bits per heavy atom. The van der Waals surface area contributed by atoms with E-state index in [1.165, 1.54) is 11.3 Å². The molecule has 0 nitrogen and oxygen atoms in total. The van der Waals surface area contributed by atoms with Crippen LogP contribution in [-0.4, -0.2) is 0 Å². The molecule has 0 saturated heterocycles. The average molecular weight is 260 g/mol. The highest BCUT2D eigenvalue weighted by Crippen LogP contribution is 2.38. The third-order valence-corrected chi connectivity index (χ3v) is 4.46. The minimum absolute atomic E-state index is 0.108. The van der Waals surface area contributed by atoms with Crippen LogP contribution in [0.25, 0.3) is 20.9 Å². The summed E-state index contributed by atoms with van der Waals surface area (Å²) in [6.45, 7) is 0. The van der Waals surface area contributed by atoms with Gasteiger partial charge in [0.2, 0.25) is 0 Å². The molecule has 84 valence electrons. The maximum absolute atomic E-state index is 14.3. The lowest BCUT2D eigenvalue weighted by atomic mass is 10.1. The quantitative estimate of drug-likeness (QED) is 0.588. The number of rotatable bonds is 2. The molecule has 0 unspecified atom stereocenters. The molecule has 0 radical (unpaired) electrons. The van der Waals surface area contributed by atoms with Crippen molar-refractivity contribution in [3.05, 3.63) is 59.0 Å². The van der Waals surface area contributed by atoms with Gasteiger partial charge in [0, 0.05) is 15.8 Å². The molecule has 3 rings (SSSR count). The molecule has 0 amide bonds. The number of halogens is 1. The zero-order valence-corrected chi connectivity index (χ0v) is 10.5. The SMILES string of the molecule is Fc1c(-c2cccs2)csc1-c1ccccc1. The lowest BCUT2D eigenvalue weighted by molar-refractivity contribution is 0.640. The lowest BCUT2D eigenvalue weighted by Gasteiger charge is -1.97. The molecule has 0 aliphatic carbocycles. The summed E-state index contributed by atoms with van der Waals surface area (Å²) in [5.41, 5.74) is 1.65. The van der Waals surface area contributed by atoms with Crippen molar-refractivity contribution >= 4 is 22.7 Å². The third-order valence-electron chi connectivity index (χ3n) is 2.55. The van der Waals surface area contributed by atoms with Crippen molar-refractivity contribution in [1.82, 2.24) is 0 Å². The molecule has 0 spiro atoms. The first-order chi connectivity index (χ1) is 8.36. The van der Waals surface area contributed by atoms with Gasteiger partial charge in [0.05, 0.1) is 4.88 Å². The van der Waals surface area contributed by atoms with E-state index in [1.54, 1.807) is 11.3 Å². The average Bonchev–Trinajstić information content (AvgIpc) is 2.99. The van der Waals surface area contributed by atoms with Gasteiger partial charge in [0.15, 0.2) is 0 Å². The second-order valence-electron chi connectivity index (χ2n) is 3.64. The Labute approximate surface area is 107 Å². The summed E-state index contributed by atoms with van der Waals surface area (Å²) in [7, 11) is 0. The largest absolute Gasteiger partial charge is 0.205 e. The van der Waals surface area contributed by atoms with E-state index in [4.69, 9.17) is 0 Å². The van der Waals surface area contributed by atoms with Crippen LogP contribution in [-0.2, 0) is 0 Å². The van der Waals surface area contributed by atoms with Crippen molar-refractivity contribution in [1.29, 1.82) is 0 Å². The molecule has 17 heavy (non-hydrogen) atoms. The van der Waals surface area contributed by atoms with Crippen LogP contribution in [0, 0.1) is 5.82 Å². The number of hydrogen-bond donors (Lipinski definition) is 0. The van der Waals surface area contributed by atoms with E-state index < -0.39 is 0 Å². The molecule has 0 saturated carbocycles. The van der Waals surface area contributed by atoms with Crippen LogP contribution in [0.2, 0.25) is 0 Å². The molecule has 1 aromatic carbocycles. The van der Waals surface area contributed by atoms with E-state index in [9.17, 15) is 4.39 Å². The van der Waals surface area contributed by atoms with E-state index in [0.717, 1.165) is 10.4 Å². The first kappa shape index (κ1) is 10.7. The number of thiophene rings is 2. The van der Waals surface area contributed by atoms with Crippen LogP contribution in [0.4, 0.5) is 4.39 Å². The van der Waals surface area contributed by atoms with Gasteiger partial charge in [-0.3, -0.25) is 0 Å². The minimum atomic E-state index is -0.108. The topological polar surface area (TPSA) is 0 Å². The van der Waals surface area contributed by atoms with Gasteiger partial charge in [-0.25, -0.2) is 4.39 Å². The summed E-state index contributed by atoms with van der Waals surface area (Å²) in [6.07, 6.45) is 0. The molecule has 3 heteroatoms. The van der Waals surface area contributed by atoms with E-state index >= 15 is 0 Å². The Bertz CT molecular complexity index is 609. The Morgan fingerprint density at radius 1 is 0.882 bits per heavy atom. The van der Waals surface area contributed by atoms with Crippen LogP contribution >= 0.6 is 22.7 Å². The molecule has 0 atom stereocenters. The molecule has 0 bridgehead atoms. The van der Waals surface area contributed by atoms with Crippen molar-refractivity contribution in [2.24, 2.45) is 0 Å². The smallest absolute Gasteiger partial charge is 0.150 e. The highest BCUT2D eigenvalue weighted by atomic mass is 32.1. The fourth-order valence-electron chi connectivity index (χ4n) is 1.73. The Hall–Kier alpha value is -1.45. The molecular weight excluding hydrogens is 251 g/mol. The summed E-state index contributed by atoms with van der Waals surface area (Å²) >= 11 is 3.02. The zero-order chi connectivity index (χ0) is 11.7. The second-order valence-corrected chi connectivity index (χ2v) is 5.46. The molecule has 0 aliphatic heterocycles. The van der Waals surface area contributed by atoms with Gasteiger partial charge in [-0.2, -0.15) is 0 Å². The first-order valence-electron chi connectivity index (χ1n) is 5.22. The first-order valence-corrected chi connectivity index (χ1v) is 6.98. The van der Waals surface area contributed by atoms with Crippen molar-refractivity contribution < 1.29 is 4.39 Å². The Balaban J connectivity index is 2.10. The maximum atomic E-state index is 14.3. The number of benzene rings is 1. The molecule has 0 aliphatic rings. The lowest BCUT2D eigenvalue weighted by Crippen LogP contribution is -1.78. The molecule has 2 aromatic heterocycles. The summed E-state index contributed by atoms with van der Waals surface area (Å²) in [5.74, 6) is -0.108. The highest BCUT2D eigenvalue weighted by molar-refractivity contribution is 7.16. The predicted octanol–water partition coefficient (Wildman–Crippen LogP) is 5.28. The molecule has 0 fully saturated rings. The van der Waals surface area contributed by atoms with Crippen LogP contribution in [0.3, 0.4) is 0 Å². The van der Waals surface area contributed by atoms with Crippen LogP contribution in [0.1, 0.15) is 0 Å². The molecular formula is C14H9FS2. The number of hydrogen-bond acceptors (Lipinski definition) is 2. The summed E-state index contributed by atoms with van der Waals surface area (Å²) in [5, 5.41) is 3.86. The van der Waals surface area contributed by atoms with Gasteiger partial charge in [-0.15, -0.1) is 22.7 Å². The van der Waals surface area contributed by atoms with E-state index in [0.29, 0.717) is 10.4 Å². The third kappa shape index (κ3) is 1.92. The predicted molar refractivity (Wildman–Crippen MR) is 73.0 cm³/mol. The van der Waals surface area contributed by atoms with E-state index in [2.05, 4.69) is 0 Å². The van der Waals surface area contributed by atoms with Crippen LogP contribution < -0.4 is 0 Å². The zero-order valence-electron chi connectivity index (χ0n) is 8.89. The summed E-state index contributed by atoms with van der Waals surface area (Å²) in [4.78, 5) is 1.70. The second kappa shape index (κ2) is 4.43. The van der Waals surface area contributed by atoms with Gasteiger partial charge in [-0.05, 0) is 17.0 Å². The van der Waals surface area contributed by atoms with Gasteiger partial charge >= 0.3 is 0 Å². The highest BCUT2D eigenvalue weighted by Gasteiger charge is 2.14.